The van der Waals surface area contributed by atoms with Crippen molar-refractivity contribution in [3.63, 3.8) is 0 Å². The van der Waals surface area contributed by atoms with E-state index in [0.717, 1.165) is 16.5 Å². The molecule has 0 saturated carbocycles. The number of aromatic nitrogens is 1. The molecule has 1 aliphatic rings. The molecular weight excluding hydrogens is 462 g/mol. The molecule has 6 nitrogen and oxygen atoms in total. The zero-order valence-electron chi connectivity index (χ0n) is 20.6. The van der Waals surface area contributed by atoms with Crippen molar-refractivity contribution in [2.24, 2.45) is 11.3 Å². The van der Waals surface area contributed by atoms with Crippen LogP contribution in [-0.4, -0.2) is 45.9 Å². The van der Waals surface area contributed by atoms with Crippen LogP contribution in [0, 0.1) is 11.3 Å². The van der Waals surface area contributed by atoms with Crippen LogP contribution in [0.5, 0.6) is 0 Å². The molecule has 0 radical (unpaired) electrons. The first kappa shape index (κ1) is 25.1. The normalized spacial score (nSPS) is 20.6. The second-order valence-electron chi connectivity index (χ2n) is 10.4. The molecule has 1 saturated heterocycles. The fraction of sp³-hybridized carbons (Fsp3) is 0.393. The fourth-order valence-electron chi connectivity index (χ4n) is 4.92. The number of pyridine rings is 1. The van der Waals surface area contributed by atoms with Gasteiger partial charge in [-0.25, -0.2) is 0 Å². The van der Waals surface area contributed by atoms with Crippen LogP contribution < -0.4 is 5.32 Å². The van der Waals surface area contributed by atoms with Crippen LogP contribution in [0.4, 0.5) is 0 Å². The molecule has 2 heterocycles. The quantitative estimate of drug-likeness (QED) is 0.535. The molecule has 0 spiro atoms. The second-order valence-corrected chi connectivity index (χ2v) is 10.8. The van der Waals surface area contributed by atoms with E-state index in [0.29, 0.717) is 30.1 Å². The highest BCUT2D eigenvalue weighted by molar-refractivity contribution is 6.30. The van der Waals surface area contributed by atoms with E-state index in [1.165, 1.54) is 0 Å². The molecule has 2 aromatic carbocycles. The van der Waals surface area contributed by atoms with Gasteiger partial charge in [0.15, 0.2) is 0 Å². The lowest BCUT2D eigenvalue weighted by atomic mass is 9.66. The number of hydrogen-bond donors (Lipinski definition) is 2. The largest absolute Gasteiger partial charge is 0.384 e. The van der Waals surface area contributed by atoms with Gasteiger partial charge in [0.1, 0.15) is 6.04 Å². The molecule has 1 fully saturated rings. The van der Waals surface area contributed by atoms with Crippen molar-refractivity contribution in [3.8, 4) is 0 Å². The number of piperidine rings is 1. The third-order valence-electron chi connectivity index (χ3n) is 7.17. The van der Waals surface area contributed by atoms with Crippen molar-refractivity contribution in [2.45, 2.75) is 45.8 Å². The Hall–Kier alpha value is -2.96. The Balaban J connectivity index is 1.51. The summed E-state index contributed by atoms with van der Waals surface area (Å²) in [4.78, 5) is 32.7. The Labute approximate surface area is 211 Å². The molecule has 184 valence electrons. The van der Waals surface area contributed by atoms with Crippen LogP contribution in [0.25, 0.3) is 10.9 Å². The predicted molar refractivity (Wildman–Crippen MR) is 138 cm³/mol. The molecule has 35 heavy (non-hydrogen) atoms. The van der Waals surface area contributed by atoms with E-state index < -0.39 is 17.1 Å². The number of rotatable bonds is 5. The molecule has 1 aromatic heterocycles. The number of carbonyl (C=O) groups excluding carboxylic acids is 2. The molecular formula is C28H32ClN3O3. The van der Waals surface area contributed by atoms with Crippen LogP contribution >= 0.6 is 11.6 Å². The number of likely N-dealkylation sites (tertiary alicyclic amines) is 1. The zero-order chi connectivity index (χ0) is 25.4. The average molecular weight is 494 g/mol. The van der Waals surface area contributed by atoms with Crippen molar-refractivity contribution in [3.05, 3.63) is 76.9 Å². The highest BCUT2D eigenvalue weighted by Crippen LogP contribution is 2.46. The molecule has 1 aliphatic heterocycles. The summed E-state index contributed by atoms with van der Waals surface area (Å²) in [6.45, 7) is 8.53. The molecule has 4 rings (SSSR count). The van der Waals surface area contributed by atoms with Gasteiger partial charge in [-0.05, 0) is 54.3 Å². The minimum absolute atomic E-state index is 0.103. The van der Waals surface area contributed by atoms with Crippen LogP contribution in [0.15, 0.2) is 60.8 Å². The van der Waals surface area contributed by atoms with Crippen LogP contribution in [0.2, 0.25) is 5.02 Å². The third-order valence-corrected chi connectivity index (χ3v) is 7.42. The molecule has 2 atom stereocenters. The van der Waals surface area contributed by atoms with E-state index >= 15 is 0 Å². The van der Waals surface area contributed by atoms with Gasteiger partial charge in [0.05, 0.1) is 11.1 Å². The Morgan fingerprint density at radius 1 is 1.11 bits per heavy atom. The smallest absolute Gasteiger partial charge is 0.251 e. The average Bonchev–Trinajstić information content (AvgIpc) is 2.83. The van der Waals surface area contributed by atoms with Crippen molar-refractivity contribution in [2.75, 3.05) is 13.1 Å². The summed E-state index contributed by atoms with van der Waals surface area (Å²) in [7, 11) is 0. The molecule has 3 aromatic rings. The highest BCUT2D eigenvalue weighted by Gasteiger charge is 2.50. The molecule has 0 bridgehead atoms. The Bertz CT molecular complexity index is 1240. The van der Waals surface area contributed by atoms with Gasteiger partial charge in [0, 0.05) is 40.7 Å². The highest BCUT2D eigenvalue weighted by atomic mass is 35.5. The number of hydrogen-bond acceptors (Lipinski definition) is 4. The van der Waals surface area contributed by atoms with Crippen LogP contribution in [0.3, 0.4) is 0 Å². The van der Waals surface area contributed by atoms with Gasteiger partial charge >= 0.3 is 0 Å². The van der Waals surface area contributed by atoms with Gasteiger partial charge in [-0.3, -0.25) is 14.6 Å². The Morgan fingerprint density at radius 2 is 1.83 bits per heavy atom. The standard InChI is InChI=1S/C28H32ClN3O3/c1-18(2)24(31-25(33)20-7-12-23-19(16-20)6-5-14-30-23)26(34)32-15-13-28(35,27(3,4)17-32)21-8-10-22(29)11-9-21/h5-12,14,16,18,24,35H,13,15,17H2,1-4H3,(H,31,33)/t24-,28+/m1/s1. The molecule has 2 N–H and O–H groups in total. The van der Waals surface area contributed by atoms with Gasteiger partial charge < -0.3 is 15.3 Å². The Kier molecular flexibility index (Phi) is 6.89. The lowest BCUT2D eigenvalue weighted by Gasteiger charge is -2.51. The first-order chi connectivity index (χ1) is 16.5. The minimum Gasteiger partial charge on any atom is -0.384 e. The van der Waals surface area contributed by atoms with Gasteiger partial charge in [-0.1, -0.05) is 57.5 Å². The maximum absolute atomic E-state index is 13.6. The number of halogens is 1. The van der Waals surface area contributed by atoms with E-state index in [2.05, 4.69) is 10.3 Å². The van der Waals surface area contributed by atoms with Crippen molar-refractivity contribution < 1.29 is 14.7 Å². The lowest BCUT2D eigenvalue weighted by molar-refractivity contribution is -0.155. The molecule has 0 aliphatic carbocycles. The summed E-state index contributed by atoms with van der Waals surface area (Å²) < 4.78 is 0. The SMILES string of the molecule is CC(C)[C@@H](NC(=O)c1ccc2ncccc2c1)C(=O)N1CC[C@](O)(c2ccc(Cl)cc2)C(C)(C)C1. The summed E-state index contributed by atoms with van der Waals surface area (Å²) >= 11 is 6.04. The van der Waals surface area contributed by atoms with Crippen molar-refractivity contribution in [1.29, 1.82) is 0 Å². The lowest BCUT2D eigenvalue weighted by Crippen LogP contribution is -2.60. The van der Waals surface area contributed by atoms with E-state index in [-0.39, 0.29) is 17.7 Å². The number of fused-ring (bicyclic) bond motifs is 1. The third kappa shape index (κ3) is 4.91. The van der Waals surface area contributed by atoms with Gasteiger partial charge in [0.2, 0.25) is 5.91 Å². The Morgan fingerprint density at radius 3 is 2.49 bits per heavy atom. The van der Waals surface area contributed by atoms with Crippen molar-refractivity contribution >= 4 is 34.3 Å². The van der Waals surface area contributed by atoms with Gasteiger partial charge in [-0.2, -0.15) is 0 Å². The number of nitrogens with one attached hydrogen (secondary N) is 1. The van der Waals surface area contributed by atoms with Crippen molar-refractivity contribution in [1.82, 2.24) is 15.2 Å². The maximum Gasteiger partial charge on any atom is 0.251 e. The van der Waals surface area contributed by atoms with Gasteiger partial charge in [-0.15, -0.1) is 0 Å². The molecule has 0 unspecified atom stereocenters. The summed E-state index contributed by atoms with van der Waals surface area (Å²) in [5.74, 6) is -0.535. The summed E-state index contributed by atoms with van der Waals surface area (Å²) in [5, 5.41) is 16.1. The van der Waals surface area contributed by atoms with E-state index in [1.54, 1.807) is 41.4 Å². The number of benzene rings is 2. The summed E-state index contributed by atoms with van der Waals surface area (Å²) in [6.07, 6.45) is 2.10. The summed E-state index contributed by atoms with van der Waals surface area (Å²) in [5.41, 5.74) is 0.387. The number of nitrogens with zero attached hydrogens (tertiary/aromatic N) is 2. The first-order valence-electron chi connectivity index (χ1n) is 11.9. The predicted octanol–water partition coefficient (Wildman–Crippen LogP) is 4.79. The first-order valence-corrected chi connectivity index (χ1v) is 12.3. The zero-order valence-corrected chi connectivity index (χ0v) is 21.3. The molecule has 2 amide bonds. The number of aliphatic hydroxyl groups is 1. The van der Waals surface area contributed by atoms with Gasteiger partial charge in [0.25, 0.3) is 5.91 Å². The van der Waals surface area contributed by atoms with E-state index in [1.807, 2.05) is 52.0 Å². The number of amides is 2. The monoisotopic (exact) mass is 493 g/mol. The minimum atomic E-state index is -1.09. The van der Waals surface area contributed by atoms with Crippen LogP contribution in [0.1, 0.15) is 50.0 Å². The summed E-state index contributed by atoms with van der Waals surface area (Å²) in [6, 6.07) is 15.6. The van der Waals surface area contributed by atoms with E-state index in [4.69, 9.17) is 11.6 Å². The maximum atomic E-state index is 13.6. The van der Waals surface area contributed by atoms with Crippen LogP contribution in [-0.2, 0) is 10.4 Å². The fourth-order valence-corrected chi connectivity index (χ4v) is 5.05. The topological polar surface area (TPSA) is 82.5 Å². The molecule has 7 heteroatoms. The van der Waals surface area contributed by atoms with E-state index in [9.17, 15) is 14.7 Å². The number of carbonyl (C=O) groups is 2. The second kappa shape index (κ2) is 9.59.